The zero-order valence-electron chi connectivity index (χ0n) is 15.0. The summed E-state index contributed by atoms with van der Waals surface area (Å²) < 4.78 is 7.01. The highest BCUT2D eigenvalue weighted by Crippen LogP contribution is 2.32. The summed E-state index contributed by atoms with van der Waals surface area (Å²) in [6.45, 7) is 3.81. The molecule has 0 spiro atoms. The molecule has 1 aromatic carbocycles. The number of benzene rings is 1. The number of pyridine rings is 1. The Morgan fingerprint density at radius 1 is 1.26 bits per heavy atom. The second kappa shape index (κ2) is 6.64. The number of methoxy groups -OCH3 is 1. The first kappa shape index (κ1) is 17.4. The molecule has 4 rings (SSSR count). The number of rotatable bonds is 4. The van der Waals surface area contributed by atoms with Crippen molar-refractivity contribution in [2.24, 2.45) is 0 Å². The first-order valence-electron chi connectivity index (χ1n) is 8.28. The number of hydrogen-bond donors (Lipinski definition) is 0. The van der Waals surface area contributed by atoms with Gasteiger partial charge in [-0.3, -0.25) is 9.59 Å². The van der Waals surface area contributed by atoms with Crippen LogP contribution in [0.4, 0.5) is 0 Å². The summed E-state index contributed by atoms with van der Waals surface area (Å²) in [7, 11) is 1.62. The highest BCUT2D eigenvalue weighted by molar-refractivity contribution is 7.25. The number of Topliss-reactive ketones (excluding diaryl/α,β-unsaturated/α-hetero) is 1. The molecule has 0 aliphatic rings. The molecule has 0 saturated carbocycles. The standard InChI is InChI=1S/C19H16N4O3S/c1-10-8-13(9-26-3)15-16-17(27-18(15)20-10)19(25)23(22-21-16)14-6-4-12(5-7-14)11(2)24/h4-8H,9H2,1-3H3. The molecule has 7 nitrogen and oxygen atoms in total. The summed E-state index contributed by atoms with van der Waals surface area (Å²) >= 11 is 1.30. The monoisotopic (exact) mass is 380 g/mol. The van der Waals surface area contributed by atoms with Gasteiger partial charge in [0, 0.05) is 23.8 Å². The number of carbonyl (C=O) groups is 1. The third kappa shape index (κ3) is 2.92. The Morgan fingerprint density at radius 2 is 2.00 bits per heavy atom. The van der Waals surface area contributed by atoms with E-state index in [0.29, 0.717) is 28.1 Å². The fraction of sp³-hybridized carbons (Fsp3) is 0.211. The van der Waals surface area contributed by atoms with Crippen molar-refractivity contribution in [3.63, 3.8) is 0 Å². The van der Waals surface area contributed by atoms with E-state index in [0.717, 1.165) is 21.5 Å². The van der Waals surface area contributed by atoms with Gasteiger partial charge >= 0.3 is 0 Å². The van der Waals surface area contributed by atoms with Gasteiger partial charge in [-0.2, -0.15) is 4.68 Å². The van der Waals surface area contributed by atoms with Crippen LogP contribution >= 0.6 is 11.3 Å². The molecular weight excluding hydrogens is 364 g/mol. The van der Waals surface area contributed by atoms with Crippen molar-refractivity contribution in [2.75, 3.05) is 7.11 Å². The lowest BCUT2D eigenvalue weighted by Crippen LogP contribution is -2.21. The van der Waals surface area contributed by atoms with Crippen molar-refractivity contribution in [3.8, 4) is 5.69 Å². The first-order valence-corrected chi connectivity index (χ1v) is 9.10. The molecule has 4 aromatic rings. The number of ketones is 1. The van der Waals surface area contributed by atoms with Gasteiger partial charge in [0.15, 0.2) is 5.78 Å². The summed E-state index contributed by atoms with van der Waals surface area (Å²) in [6, 6.07) is 8.64. The molecule has 0 radical (unpaired) electrons. The summed E-state index contributed by atoms with van der Waals surface area (Å²) in [5.74, 6) is -0.0351. The maximum Gasteiger partial charge on any atom is 0.292 e. The van der Waals surface area contributed by atoms with E-state index in [1.54, 1.807) is 31.4 Å². The second-order valence-corrected chi connectivity index (χ2v) is 7.22. The van der Waals surface area contributed by atoms with E-state index in [4.69, 9.17) is 4.74 Å². The van der Waals surface area contributed by atoms with Gasteiger partial charge in [0.25, 0.3) is 5.56 Å². The van der Waals surface area contributed by atoms with Gasteiger partial charge in [-0.05, 0) is 49.7 Å². The second-order valence-electron chi connectivity index (χ2n) is 6.23. The van der Waals surface area contributed by atoms with Crippen LogP contribution in [0.1, 0.15) is 28.5 Å². The van der Waals surface area contributed by atoms with Crippen LogP contribution < -0.4 is 5.56 Å². The fourth-order valence-electron chi connectivity index (χ4n) is 3.04. The fourth-order valence-corrected chi connectivity index (χ4v) is 4.16. The maximum absolute atomic E-state index is 13.0. The smallest absolute Gasteiger partial charge is 0.292 e. The Hall–Kier alpha value is -2.97. The van der Waals surface area contributed by atoms with Gasteiger partial charge in [0.1, 0.15) is 15.0 Å². The molecule has 0 amide bonds. The van der Waals surface area contributed by atoms with Crippen LogP contribution in [0.15, 0.2) is 35.1 Å². The molecule has 3 heterocycles. The number of fused-ring (bicyclic) bond motifs is 3. The van der Waals surface area contributed by atoms with Crippen LogP contribution in [-0.4, -0.2) is 32.9 Å². The Morgan fingerprint density at radius 3 is 2.67 bits per heavy atom. The average molecular weight is 380 g/mol. The Kier molecular flexibility index (Phi) is 4.29. The number of nitrogens with zero attached hydrogens (tertiary/aromatic N) is 4. The van der Waals surface area contributed by atoms with E-state index in [1.807, 2.05) is 13.0 Å². The third-order valence-corrected chi connectivity index (χ3v) is 5.35. The molecule has 0 atom stereocenters. The van der Waals surface area contributed by atoms with Gasteiger partial charge in [0.2, 0.25) is 0 Å². The molecule has 27 heavy (non-hydrogen) atoms. The van der Waals surface area contributed by atoms with Crippen LogP contribution in [0.5, 0.6) is 0 Å². The Bertz CT molecular complexity index is 1240. The van der Waals surface area contributed by atoms with Crippen LogP contribution in [0.25, 0.3) is 26.1 Å². The minimum absolute atomic E-state index is 0.0351. The lowest BCUT2D eigenvalue weighted by atomic mass is 10.1. The van der Waals surface area contributed by atoms with Gasteiger partial charge in [-0.15, -0.1) is 16.4 Å². The molecule has 0 aliphatic carbocycles. The number of carbonyl (C=O) groups excluding carboxylic acids is 1. The number of aryl methyl sites for hydroxylation is 1. The number of thiophene rings is 1. The highest BCUT2D eigenvalue weighted by atomic mass is 32.1. The molecular formula is C19H16N4O3S. The molecule has 0 fully saturated rings. The zero-order valence-corrected chi connectivity index (χ0v) is 15.8. The molecule has 0 saturated heterocycles. The van der Waals surface area contributed by atoms with Crippen molar-refractivity contribution >= 4 is 37.6 Å². The summed E-state index contributed by atoms with van der Waals surface area (Å²) in [6.07, 6.45) is 0. The summed E-state index contributed by atoms with van der Waals surface area (Å²) in [5.41, 5.74) is 3.19. The van der Waals surface area contributed by atoms with Crippen LogP contribution in [0.3, 0.4) is 0 Å². The van der Waals surface area contributed by atoms with E-state index < -0.39 is 0 Å². The maximum atomic E-state index is 13.0. The van der Waals surface area contributed by atoms with E-state index in [-0.39, 0.29) is 11.3 Å². The average Bonchev–Trinajstić information content (AvgIpc) is 3.01. The van der Waals surface area contributed by atoms with Gasteiger partial charge in [0.05, 0.1) is 12.3 Å². The molecule has 0 aliphatic heterocycles. The van der Waals surface area contributed by atoms with E-state index >= 15 is 0 Å². The van der Waals surface area contributed by atoms with Crippen molar-refractivity contribution in [3.05, 3.63) is 57.5 Å². The predicted octanol–water partition coefficient (Wildman–Crippen LogP) is 3.05. The van der Waals surface area contributed by atoms with Gasteiger partial charge < -0.3 is 4.74 Å². The van der Waals surface area contributed by atoms with Crippen molar-refractivity contribution < 1.29 is 9.53 Å². The van der Waals surface area contributed by atoms with E-state index in [2.05, 4.69) is 15.3 Å². The van der Waals surface area contributed by atoms with Crippen LogP contribution in [-0.2, 0) is 11.3 Å². The normalized spacial score (nSPS) is 11.4. The topological polar surface area (TPSA) is 87.0 Å². The minimum atomic E-state index is -0.264. The predicted molar refractivity (Wildman–Crippen MR) is 104 cm³/mol. The highest BCUT2D eigenvalue weighted by Gasteiger charge is 2.18. The van der Waals surface area contributed by atoms with E-state index in [9.17, 15) is 9.59 Å². The lowest BCUT2D eigenvalue weighted by molar-refractivity contribution is 0.101. The van der Waals surface area contributed by atoms with Crippen LogP contribution in [0, 0.1) is 6.92 Å². The number of hydrogen-bond acceptors (Lipinski definition) is 7. The number of aromatic nitrogens is 4. The quantitative estimate of drug-likeness (QED) is 0.506. The Labute approximate surface area is 158 Å². The van der Waals surface area contributed by atoms with Crippen molar-refractivity contribution in [1.29, 1.82) is 0 Å². The molecule has 8 heteroatoms. The largest absolute Gasteiger partial charge is 0.380 e. The van der Waals surface area contributed by atoms with Crippen molar-refractivity contribution in [1.82, 2.24) is 20.0 Å². The van der Waals surface area contributed by atoms with Crippen LogP contribution in [0.2, 0.25) is 0 Å². The third-order valence-electron chi connectivity index (χ3n) is 4.29. The van der Waals surface area contributed by atoms with E-state index in [1.165, 1.54) is 22.9 Å². The van der Waals surface area contributed by atoms with Gasteiger partial charge in [-0.25, -0.2) is 4.98 Å². The molecule has 0 unspecified atom stereocenters. The summed E-state index contributed by atoms with van der Waals surface area (Å²) in [4.78, 5) is 29.7. The van der Waals surface area contributed by atoms with Crippen molar-refractivity contribution in [2.45, 2.75) is 20.5 Å². The SMILES string of the molecule is COCc1cc(C)nc2sc3c(=O)n(-c4ccc(C(C)=O)cc4)nnc3c12. The first-order chi connectivity index (χ1) is 13.0. The number of ether oxygens (including phenoxy) is 1. The molecule has 3 aromatic heterocycles. The minimum Gasteiger partial charge on any atom is -0.380 e. The van der Waals surface area contributed by atoms with Gasteiger partial charge in [-0.1, -0.05) is 5.21 Å². The molecule has 0 bridgehead atoms. The summed E-state index contributed by atoms with van der Waals surface area (Å²) in [5, 5.41) is 9.21. The molecule has 136 valence electrons. The molecule has 0 N–H and O–H groups in total. The Balaban J connectivity index is 1.94. The lowest BCUT2D eigenvalue weighted by Gasteiger charge is -2.05. The zero-order chi connectivity index (χ0) is 19.1.